The first-order valence-electron chi connectivity index (χ1n) is 5.69. The molecule has 0 spiro atoms. The minimum absolute atomic E-state index is 0.0588. The lowest BCUT2D eigenvalue weighted by molar-refractivity contribution is -0.137. The van der Waals surface area contributed by atoms with Crippen LogP contribution in [-0.2, 0) is 4.79 Å². The number of methoxy groups -OCH3 is 1. The Morgan fingerprint density at radius 3 is 2.67 bits per heavy atom. The summed E-state index contributed by atoms with van der Waals surface area (Å²) in [6, 6.07) is 1.63. The first-order valence-corrected chi connectivity index (χ1v) is 6.48. The van der Waals surface area contributed by atoms with Crippen LogP contribution in [0, 0.1) is 13.8 Å². The molecule has 0 saturated heterocycles. The predicted octanol–water partition coefficient (Wildman–Crippen LogP) is 2.94. The average molecular weight is 316 g/mol. The highest BCUT2D eigenvalue weighted by Gasteiger charge is 2.18. The average Bonchev–Trinajstić information content (AvgIpc) is 2.26. The number of hydrogen-bond donors (Lipinski definition) is 2. The summed E-state index contributed by atoms with van der Waals surface area (Å²) in [7, 11) is 1.62. The third-order valence-corrected chi connectivity index (χ3v) is 3.60. The summed E-state index contributed by atoms with van der Waals surface area (Å²) in [5.41, 5.74) is 8.97. The van der Waals surface area contributed by atoms with Gasteiger partial charge in [-0.3, -0.25) is 4.79 Å². The van der Waals surface area contributed by atoms with Crippen molar-refractivity contribution in [3.8, 4) is 5.75 Å². The van der Waals surface area contributed by atoms with Crippen LogP contribution in [0.5, 0.6) is 5.75 Å². The second kappa shape index (κ2) is 6.20. The molecule has 1 atom stereocenters. The Kier molecular flexibility index (Phi) is 5.16. The summed E-state index contributed by atoms with van der Waals surface area (Å²) < 4.78 is 6.25. The maximum atomic E-state index is 10.6. The highest BCUT2D eigenvalue weighted by Crippen LogP contribution is 2.36. The van der Waals surface area contributed by atoms with E-state index in [9.17, 15) is 4.79 Å². The molecule has 0 heterocycles. The summed E-state index contributed by atoms with van der Waals surface area (Å²) in [4.78, 5) is 10.6. The number of carboxylic acids is 1. The molecule has 5 heteroatoms. The molecule has 1 rings (SSSR count). The van der Waals surface area contributed by atoms with Gasteiger partial charge < -0.3 is 15.6 Å². The Hall–Kier alpha value is -1.07. The number of aryl methyl sites for hydroxylation is 1. The van der Waals surface area contributed by atoms with E-state index in [4.69, 9.17) is 15.6 Å². The monoisotopic (exact) mass is 315 g/mol. The van der Waals surface area contributed by atoms with Crippen LogP contribution >= 0.6 is 15.9 Å². The lowest BCUT2D eigenvalue weighted by Crippen LogP contribution is -2.15. The second-order valence-corrected chi connectivity index (χ2v) is 5.14. The number of halogens is 1. The minimum atomic E-state index is -0.835. The predicted molar refractivity (Wildman–Crippen MR) is 74.0 cm³/mol. The molecule has 0 aromatic heterocycles. The van der Waals surface area contributed by atoms with Gasteiger partial charge in [0, 0.05) is 16.9 Å². The van der Waals surface area contributed by atoms with E-state index in [1.807, 2.05) is 19.9 Å². The van der Waals surface area contributed by atoms with Crippen LogP contribution in [0.2, 0.25) is 0 Å². The maximum Gasteiger partial charge on any atom is 0.303 e. The van der Waals surface area contributed by atoms with Gasteiger partial charge in [-0.05, 0) is 43.0 Å². The summed E-state index contributed by atoms with van der Waals surface area (Å²) in [6.45, 7) is 3.90. The van der Waals surface area contributed by atoms with Crippen molar-refractivity contribution < 1.29 is 14.6 Å². The number of hydrogen-bond acceptors (Lipinski definition) is 3. The van der Waals surface area contributed by atoms with Crippen molar-refractivity contribution in [2.75, 3.05) is 7.11 Å². The van der Waals surface area contributed by atoms with Crippen molar-refractivity contribution in [2.24, 2.45) is 5.73 Å². The van der Waals surface area contributed by atoms with Crippen LogP contribution in [0.3, 0.4) is 0 Å². The molecule has 1 aromatic rings. The number of aliphatic carboxylic acids is 1. The van der Waals surface area contributed by atoms with Crippen LogP contribution < -0.4 is 10.5 Å². The SMILES string of the molecule is COc1c(C)cc(Br)c(C(N)CCC(=O)O)c1C. The molecule has 1 unspecified atom stereocenters. The van der Waals surface area contributed by atoms with Gasteiger partial charge >= 0.3 is 5.97 Å². The van der Waals surface area contributed by atoms with E-state index < -0.39 is 5.97 Å². The van der Waals surface area contributed by atoms with Gasteiger partial charge in [0.15, 0.2) is 0 Å². The lowest BCUT2D eigenvalue weighted by Gasteiger charge is -2.20. The topological polar surface area (TPSA) is 72.5 Å². The smallest absolute Gasteiger partial charge is 0.303 e. The normalized spacial score (nSPS) is 12.3. The fourth-order valence-electron chi connectivity index (χ4n) is 2.12. The molecule has 100 valence electrons. The highest BCUT2D eigenvalue weighted by atomic mass is 79.9. The molecule has 0 radical (unpaired) electrons. The van der Waals surface area contributed by atoms with Gasteiger partial charge in [-0.25, -0.2) is 0 Å². The molecule has 0 saturated carbocycles. The molecule has 0 amide bonds. The van der Waals surface area contributed by atoms with Gasteiger partial charge in [0.05, 0.1) is 7.11 Å². The molecule has 1 aromatic carbocycles. The van der Waals surface area contributed by atoms with Crippen molar-refractivity contribution in [2.45, 2.75) is 32.7 Å². The minimum Gasteiger partial charge on any atom is -0.496 e. The number of ether oxygens (including phenoxy) is 1. The molecule has 18 heavy (non-hydrogen) atoms. The van der Waals surface area contributed by atoms with Crippen molar-refractivity contribution in [3.05, 3.63) is 27.2 Å². The third kappa shape index (κ3) is 3.23. The Bertz CT molecular complexity index is 460. The Morgan fingerprint density at radius 2 is 2.17 bits per heavy atom. The van der Waals surface area contributed by atoms with E-state index >= 15 is 0 Å². The lowest BCUT2D eigenvalue weighted by atomic mass is 9.95. The maximum absolute atomic E-state index is 10.6. The zero-order chi connectivity index (χ0) is 13.9. The first kappa shape index (κ1) is 15.0. The standard InChI is InChI=1S/C13H18BrNO3/c1-7-6-9(14)12(8(2)13(7)18-3)10(15)4-5-11(16)17/h6,10H,4-5,15H2,1-3H3,(H,16,17). The zero-order valence-corrected chi connectivity index (χ0v) is 12.4. The Balaban J connectivity index is 3.11. The van der Waals surface area contributed by atoms with Crippen LogP contribution in [0.15, 0.2) is 10.5 Å². The van der Waals surface area contributed by atoms with Crippen molar-refractivity contribution >= 4 is 21.9 Å². The molecule has 0 aliphatic rings. The molecule has 3 N–H and O–H groups in total. The zero-order valence-electron chi connectivity index (χ0n) is 10.8. The molecule has 4 nitrogen and oxygen atoms in total. The van der Waals surface area contributed by atoms with E-state index in [1.165, 1.54) is 0 Å². The van der Waals surface area contributed by atoms with Gasteiger partial charge in [0.2, 0.25) is 0 Å². The van der Waals surface area contributed by atoms with Crippen molar-refractivity contribution in [3.63, 3.8) is 0 Å². The van der Waals surface area contributed by atoms with E-state index in [2.05, 4.69) is 15.9 Å². The van der Waals surface area contributed by atoms with E-state index in [0.29, 0.717) is 6.42 Å². The summed E-state index contributed by atoms with van der Waals surface area (Å²) in [5.74, 6) is -0.0303. The molecular formula is C13H18BrNO3. The second-order valence-electron chi connectivity index (χ2n) is 4.29. The number of carboxylic acid groups (broad SMARTS) is 1. The fourth-order valence-corrected chi connectivity index (χ4v) is 3.06. The van der Waals surface area contributed by atoms with Gasteiger partial charge in [0.1, 0.15) is 5.75 Å². The number of benzene rings is 1. The molecule has 0 aliphatic heterocycles. The van der Waals surface area contributed by atoms with Crippen molar-refractivity contribution in [1.82, 2.24) is 0 Å². The highest BCUT2D eigenvalue weighted by molar-refractivity contribution is 9.10. The first-order chi connectivity index (χ1) is 8.38. The number of rotatable bonds is 5. The van der Waals surface area contributed by atoms with E-state index in [-0.39, 0.29) is 12.5 Å². The third-order valence-electron chi connectivity index (χ3n) is 2.95. The van der Waals surface area contributed by atoms with E-state index in [1.54, 1.807) is 7.11 Å². The fraction of sp³-hybridized carbons (Fsp3) is 0.462. The van der Waals surface area contributed by atoms with Crippen LogP contribution in [0.1, 0.15) is 35.6 Å². The molecule has 0 fully saturated rings. The van der Waals surface area contributed by atoms with Crippen LogP contribution in [-0.4, -0.2) is 18.2 Å². The summed E-state index contributed by atoms with van der Waals surface area (Å²) >= 11 is 3.49. The molecule has 0 aliphatic carbocycles. The largest absolute Gasteiger partial charge is 0.496 e. The van der Waals surface area contributed by atoms with Gasteiger partial charge in [-0.15, -0.1) is 0 Å². The quantitative estimate of drug-likeness (QED) is 0.876. The summed E-state index contributed by atoms with van der Waals surface area (Å²) in [6.07, 6.45) is 0.463. The van der Waals surface area contributed by atoms with Gasteiger partial charge in [-0.2, -0.15) is 0 Å². The molecular weight excluding hydrogens is 298 g/mol. The number of carbonyl (C=O) groups is 1. The number of nitrogens with two attached hydrogens (primary N) is 1. The van der Waals surface area contributed by atoms with Crippen LogP contribution in [0.4, 0.5) is 0 Å². The molecule has 0 bridgehead atoms. The van der Waals surface area contributed by atoms with Gasteiger partial charge in [0.25, 0.3) is 0 Å². The van der Waals surface area contributed by atoms with E-state index in [0.717, 1.165) is 26.9 Å². The Morgan fingerprint density at radius 1 is 1.56 bits per heavy atom. The Labute approximate surface area is 115 Å². The van der Waals surface area contributed by atoms with Crippen molar-refractivity contribution in [1.29, 1.82) is 0 Å². The van der Waals surface area contributed by atoms with Gasteiger partial charge in [-0.1, -0.05) is 15.9 Å². The van der Waals surface area contributed by atoms with Crippen LogP contribution in [0.25, 0.3) is 0 Å². The summed E-state index contributed by atoms with van der Waals surface area (Å²) in [5, 5.41) is 8.70.